The van der Waals surface area contributed by atoms with Crippen LogP contribution in [0.15, 0.2) is 29.8 Å². The molecule has 1 aliphatic rings. The predicted octanol–water partition coefficient (Wildman–Crippen LogP) is 7.21. The van der Waals surface area contributed by atoms with Crippen LogP contribution >= 0.6 is 0 Å². The Labute approximate surface area is 151 Å². The van der Waals surface area contributed by atoms with Gasteiger partial charge in [0.25, 0.3) is 0 Å². The van der Waals surface area contributed by atoms with Gasteiger partial charge in [0.1, 0.15) is 5.82 Å². The molecule has 2 aromatic rings. The number of unbranched alkanes of at least 4 members (excludes halogenated alkanes) is 3. The fourth-order valence-corrected chi connectivity index (χ4v) is 3.48. The van der Waals surface area contributed by atoms with Crippen molar-refractivity contribution in [2.45, 2.75) is 51.9 Å². The molecule has 2 aromatic carbocycles. The third-order valence-corrected chi connectivity index (χ3v) is 4.95. The molecule has 0 fully saturated rings. The lowest BCUT2D eigenvalue weighted by molar-refractivity contribution is 0.447. The van der Waals surface area contributed by atoms with Crippen LogP contribution in [0.4, 0.5) is 17.6 Å². The number of hydrogen-bond donors (Lipinski definition) is 0. The van der Waals surface area contributed by atoms with Crippen molar-refractivity contribution in [3.63, 3.8) is 0 Å². The maximum Gasteiger partial charge on any atom is 0.194 e. The molecule has 0 amide bonds. The normalized spacial score (nSPS) is 13.5. The molecule has 1 aliphatic carbocycles. The van der Waals surface area contributed by atoms with Crippen LogP contribution < -0.4 is 0 Å². The number of rotatable bonds is 6. The van der Waals surface area contributed by atoms with Gasteiger partial charge in [0.2, 0.25) is 0 Å². The molecule has 0 aromatic heterocycles. The highest BCUT2D eigenvalue weighted by Crippen LogP contribution is 2.33. The van der Waals surface area contributed by atoms with Crippen molar-refractivity contribution in [3.05, 3.63) is 64.2 Å². The second kappa shape index (κ2) is 8.07. The van der Waals surface area contributed by atoms with Gasteiger partial charge in [-0.05, 0) is 66.6 Å². The highest BCUT2D eigenvalue weighted by molar-refractivity contribution is 5.70. The third kappa shape index (κ3) is 4.00. The van der Waals surface area contributed by atoms with E-state index >= 15 is 0 Å². The van der Waals surface area contributed by atoms with Gasteiger partial charge in [-0.1, -0.05) is 37.8 Å². The zero-order chi connectivity index (χ0) is 18.7. The van der Waals surface area contributed by atoms with Crippen molar-refractivity contribution in [2.24, 2.45) is 0 Å². The van der Waals surface area contributed by atoms with Crippen LogP contribution in [0.25, 0.3) is 17.2 Å². The Morgan fingerprint density at radius 3 is 2.23 bits per heavy atom. The summed E-state index contributed by atoms with van der Waals surface area (Å²) in [5.41, 5.74) is 3.20. The van der Waals surface area contributed by atoms with Gasteiger partial charge >= 0.3 is 0 Å². The van der Waals surface area contributed by atoms with Crippen molar-refractivity contribution in [1.82, 2.24) is 0 Å². The minimum Gasteiger partial charge on any atom is -0.206 e. The zero-order valence-corrected chi connectivity index (χ0v) is 14.8. The fraction of sp³-hybridized carbons (Fsp3) is 0.364. The predicted molar refractivity (Wildman–Crippen MR) is 96.8 cm³/mol. The maximum absolute atomic E-state index is 14.5. The molecule has 3 rings (SSSR count). The van der Waals surface area contributed by atoms with Gasteiger partial charge < -0.3 is 0 Å². The van der Waals surface area contributed by atoms with E-state index in [1.165, 1.54) is 30.9 Å². The smallest absolute Gasteiger partial charge is 0.194 e. The van der Waals surface area contributed by atoms with Gasteiger partial charge in [-0.15, -0.1) is 0 Å². The van der Waals surface area contributed by atoms with Crippen LogP contribution in [0.5, 0.6) is 0 Å². The van der Waals surface area contributed by atoms with Gasteiger partial charge in [0, 0.05) is 5.56 Å². The lowest BCUT2D eigenvalue weighted by Gasteiger charge is -2.18. The second-order valence-electron chi connectivity index (χ2n) is 6.90. The number of benzene rings is 2. The first-order valence-corrected chi connectivity index (χ1v) is 9.16. The standard InChI is InChI=1S/C22H22F4/c1-2-3-4-5-6-14-7-8-15-10-18(19(23)11-16(15)9-14)17-12-20(24)22(26)21(25)13-17/h9-13H,2-8H2,1H3. The summed E-state index contributed by atoms with van der Waals surface area (Å²) in [6.45, 7) is 2.18. The zero-order valence-electron chi connectivity index (χ0n) is 14.8. The summed E-state index contributed by atoms with van der Waals surface area (Å²) < 4.78 is 54.6. The van der Waals surface area contributed by atoms with Gasteiger partial charge in [-0.25, -0.2) is 17.6 Å². The molecule has 0 bridgehead atoms. The van der Waals surface area contributed by atoms with Gasteiger partial charge in [0.05, 0.1) is 0 Å². The first kappa shape index (κ1) is 18.7. The summed E-state index contributed by atoms with van der Waals surface area (Å²) in [5.74, 6) is -4.72. The first-order chi connectivity index (χ1) is 12.5. The summed E-state index contributed by atoms with van der Waals surface area (Å²) in [6, 6.07) is 4.71. The Morgan fingerprint density at radius 1 is 0.808 bits per heavy atom. The largest absolute Gasteiger partial charge is 0.206 e. The highest BCUT2D eigenvalue weighted by Gasteiger charge is 2.18. The van der Waals surface area contributed by atoms with Crippen molar-refractivity contribution in [3.8, 4) is 11.1 Å². The Bertz CT molecular complexity index is 813. The molecule has 138 valence electrons. The summed E-state index contributed by atoms with van der Waals surface area (Å²) >= 11 is 0. The SMILES string of the molecule is CCCCCCC1=Cc2cc(F)c(-c3cc(F)c(F)c(F)c3)cc2CC1. The Hall–Kier alpha value is -2.10. The topological polar surface area (TPSA) is 0 Å². The number of allylic oxidation sites excluding steroid dienone is 1. The van der Waals surface area contributed by atoms with E-state index in [1.54, 1.807) is 6.07 Å². The Morgan fingerprint density at radius 2 is 1.54 bits per heavy atom. The number of fused-ring (bicyclic) bond motifs is 1. The highest BCUT2D eigenvalue weighted by atomic mass is 19.2. The molecule has 0 radical (unpaired) electrons. The molecule has 26 heavy (non-hydrogen) atoms. The maximum atomic E-state index is 14.5. The summed E-state index contributed by atoms with van der Waals surface area (Å²) in [7, 11) is 0. The molecule has 4 heteroatoms. The summed E-state index contributed by atoms with van der Waals surface area (Å²) in [4.78, 5) is 0. The third-order valence-electron chi connectivity index (χ3n) is 4.95. The molecule has 0 saturated carbocycles. The number of hydrogen-bond acceptors (Lipinski definition) is 0. The molecular formula is C22H22F4. The van der Waals surface area contributed by atoms with Crippen LogP contribution in [0, 0.1) is 23.3 Å². The van der Waals surface area contributed by atoms with E-state index < -0.39 is 23.3 Å². The molecule has 0 spiro atoms. The monoisotopic (exact) mass is 362 g/mol. The van der Waals surface area contributed by atoms with Crippen LogP contribution in [0.1, 0.15) is 56.6 Å². The van der Waals surface area contributed by atoms with Gasteiger partial charge in [-0.3, -0.25) is 0 Å². The van der Waals surface area contributed by atoms with E-state index in [9.17, 15) is 17.6 Å². The lowest BCUT2D eigenvalue weighted by atomic mass is 9.87. The average Bonchev–Trinajstić information content (AvgIpc) is 2.62. The first-order valence-electron chi connectivity index (χ1n) is 9.16. The molecule has 0 heterocycles. The van der Waals surface area contributed by atoms with Crippen molar-refractivity contribution >= 4 is 6.08 Å². The second-order valence-corrected chi connectivity index (χ2v) is 6.90. The van der Waals surface area contributed by atoms with Crippen LogP contribution in [-0.2, 0) is 6.42 Å². The molecule has 0 unspecified atom stereocenters. The molecule has 0 N–H and O–H groups in total. The van der Waals surface area contributed by atoms with E-state index in [1.807, 2.05) is 6.08 Å². The lowest BCUT2D eigenvalue weighted by Crippen LogP contribution is -2.02. The summed E-state index contributed by atoms with van der Waals surface area (Å²) in [5, 5.41) is 0. The number of aryl methyl sites for hydroxylation is 1. The Kier molecular flexibility index (Phi) is 5.80. The summed E-state index contributed by atoms with van der Waals surface area (Å²) in [6.07, 6.45) is 9.51. The van der Waals surface area contributed by atoms with Crippen molar-refractivity contribution in [1.29, 1.82) is 0 Å². The average molecular weight is 362 g/mol. The molecule has 0 atom stereocenters. The quantitative estimate of drug-likeness (QED) is 0.289. The number of halogens is 4. The van der Waals surface area contributed by atoms with Gasteiger partial charge in [0.15, 0.2) is 17.5 Å². The molecule has 0 saturated heterocycles. The van der Waals surface area contributed by atoms with Crippen LogP contribution in [0.3, 0.4) is 0 Å². The van der Waals surface area contributed by atoms with Gasteiger partial charge in [-0.2, -0.15) is 0 Å². The Balaban J connectivity index is 1.87. The minimum absolute atomic E-state index is 0.0102. The van der Waals surface area contributed by atoms with E-state index in [4.69, 9.17) is 0 Å². The van der Waals surface area contributed by atoms with E-state index in [2.05, 4.69) is 6.92 Å². The fourth-order valence-electron chi connectivity index (χ4n) is 3.48. The van der Waals surface area contributed by atoms with Crippen LogP contribution in [0.2, 0.25) is 0 Å². The van der Waals surface area contributed by atoms with Crippen LogP contribution in [-0.4, -0.2) is 0 Å². The van der Waals surface area contributed by atoms with E-state index in [0.717, 1.165) is 48.9 Å². The van der Waals surface area contributed by atoms with Crippen molar-refractivity contribution < 1.29 is 17.6 Å². The molecular weight excluding hydrogens is 340 g/mol. The molecule has 0 aliphatic heterocycles. The minimum atomic E-state index is -1.54. The van der Waals surface area contributed by atoms with E-state index in [-0.39, 0.29) is 11.1 Å². The van der Waals surface area contributed by atoms with Crippen molar-refractivity contribution in [2.75, 3.05) is 0 Å². The molecule has 0 nitrogen and oxygen atoms in total. The van der Waals surface area contributed by atoms with E-state index in [0.29, 0.717) is 0 Å².